The lowest BCUT2D eigenvalue weighted by molar-refractivity contribution is -0.135. The molecule has 0 aromatic heterocycles. The Bertz CT molecular complexity index is 626. The minimum Gasteiger partial charge on any atom is -0.504 e. The Morgan fingerprint density at radius 2 is 1.68 bits per heavy atom. The fourth-order valence-electron chi connectivity index (χ4n) is 3.85. The summed E-state index contributed by atoms with van der Waals surface area (Å²) < 4.78 is 5.18. The standard InChI is InChI=1S/C24H38O4/c1-23(2,3)12-8-4-6-10-19-16-20(22(27)21(26)17-19)11-7-5-9-13-24(14-15-24)28-18-25/h16-18,26-27H,4-15H2,1-3H3. The third-order valence-electron chi connectivity index (χ3n) is 5.81. The van der Waals surface area contributed by atoms with Crippen LogP contribution in [0.1, 0.15) is 96.1 Å². The number of hydrogen-bond acceptors (Lipinski definition) is 4. The highest BCUT2D eigenvalue weighted by molar-refractivity contribution is 5.47. The second kappa shape index (κ2) is 10.2. The molecule has 0 bridgehead atoms. The van der Waals surface area contributed by atoms with Crippen LogP contribution in [0.3, 0.4) is 0 Å². The number of phenols is 2. The maximum Gasteiger partial charge on any atom is 0.293 e. The topological polar surface area (TPSA) is 66.8 Å². The molecule has 1 aromatic rings. The number of aromatic hydroxyl groups is 2. The lowest BCUT2D eigenvalue weighted by atomic mass is 9.89. The zero-order valence-corrected chi connectivity index (χ0v) is 17.9. The number of hydrogen-bond donors (Lipinski definition) is 2. The Morgan fingerprint density at radius 1 is 1.00 bits per heavy atom. The molecule has 28 heavy (non-hydrogen) atoms. The van der Waals surface area contributed by atoms with Crippen LogP contribution in [-0.2, 0) is 22.4 Å². The lowest BCUT2D eigenvalue weighted by Gasteiger charge is -2.17. The summed E-state index contributed by atoms with van der Waals surface area (Å²) in [5.41, 5.74) is 2.17. The van der Waals surface area contributed by atoms with E-state index in [2.05, 4.69) is 26.8 Å². The van der Waals surface area contributed by atoms with E-state index in [9.17, 15) is 15.0 Å². The Hall–Kier alpha value is -1.71. The van der Waals surface area contributed by atoms with E-state index in [0.29, 0.717) is 11.9 Å². The first-order chi connectivity index (χ1) is 13.2. The number of phenolic OH excluding ortho intramolecular Hbond substituents is 2. The molecule has 2 N–H and O–H groups in total. The molecule has 2 rings (SSSR count). The van der Waals surface area contributed by atoms with Crippen molar-refractivity contribution in [2.45, 2.75) is 103 Å². The van der Waals surface area contributed by atoms with E-state index in [1.54, 1.807) is 6.07 Å². The number of rotatable bonds is 13. The molecule has 1 aliphatic carbocycles. The van der Waals surface area contributed by atoms with Crippen molar-refractivity contribution in [1.29, 1.82) is 0 Å². The second-order valence-electron chi connectivity index (χ2n) is 9.70. The number of benzene rings is 1. The van der Waals surface area contributed by atoms with Crippen molar-refractivity contribution in [2.75, 3.05) is 0 Å². The fraction of sp³-hybridized carbons (Fsp3) is 0.708. The van der Waals surface area contributed by atoms with Crippen LogP contribution in [0.2, 0.25) is 0 Å². The van der Waals surface area contributed by atoms with Crippen molar-refractivity contribution in [1.82, 2.24) is 0 Å². The van der Waals surface area contributed by atoms with E-state index in [1.807, 2.05) is 0 Å². The van der Waals surface area contributed by atoms with Crippen LogP contribution in [0.25, 0.3) is 0 Å². The highest BCUT2D eigenvalue weighted by Gasteiger charge is 2.44. The lowest BCUT2D eigenvalue weighted by Crippen LogP contribution is -2.12. The molecule has 1 aliphatic rings. The van der Waals surface area contributed by atoms with Crippen LogP contribution in [0.5, 0.6) is 11.5 Å². The van der Waals surface area contributed by atoms with E-state index in [0.717, 1.165) is 68.9 Å². The van der Waals surface area contributed by atoms with Crippen molar-refractivity contribution < 1.29 is 19.7 Å². The number of carbonyl (C=O) groups excluding carboxylic acids is 1. The summed E-state index contributed by atoms with van der Waals surface area (Å²) in [6.45, 7) is 7.40. The maximum absolute atomic E-state index is 10.5. The van der Waals surface area contributed by atoms with Gasteiger partial charge < -0.3 is 14.9 Å². The molecule has 158 valence electrons. The molecule has 1 saturated carbocycles. The van der Waals surface area contributed by atoms with Crippen molar-refractivity contribution in [3.05, 3.63) is 23.3 Å². The average molecular weight is 391 g/mol. The molecule has 0 aliphatic heterocycles. The molecule has 0 saturated heterocycles. The SMILES string of the molecule is CC(C)(C)CCCCCc1cc(O)c(O)c(CCCCCC2(OC=O)CC2)c1. The van der Waals surface area contributed by atoms with Crippen molar-refractivity contribution in [3.8, 4) is 11.5 Å². The molecule has 1 fully saturated rings. The molecule has 4 heteroatoms. The van der Waals surface area contributed by atoms with Gasteiger partial charge >= 0.3 is 0 Å². The molecular weight excluding hydrogens is 352 g/mol. The molecule has 0 heterocycles. The zero-order valence-electron chi connectivity index (χ0n) is 17.9. The van der Waals surface area contributed by atoms with E-state index in [4.69, 9.17) is 4.74 Å². The van der Waals surface area contributed by atoms with Gasteiger partial charge in [-0.05, 0) is 80.4 Å². The summed E-state index contributed by atoms with van der Waals surface area (Å²) in [5.74, 6) is 0.0259. The van der Waals surface area contributed by atoms with Crippen LogP contribution in [-0.4, -0.2) is 22.3 Å². The Balaban J connectivity index is 1.73. The van der Waals surface area contributed by atoms with Gasteiger partial charge in [0.1, 0.15) is 5.60 Å². The van der Waals surface area contributed by atoms with Crippen LogP contribution in [0, 0.1) is 5.41 Å². The molecule has 0 spiro atoms. The Morgan fingerprint density at radius 3 is 2.32 bits per heavy atom. The second-order valence-corrected chi connectivity index (χ2v) is 9.70. The van der Waals surface area contributed by atoms with Crippen LogP contribution in [0.4, 0.5) is 0 Å². The summed E-state index contributed by atoms with van der Waals surface area (Å²) in [6.07, 6.45) is 12.4. The number of ether oxygens (including phenoxy) is 1. The first kappa shape index (κ1) is 22.6. The van der Waals surface area contributed by atoms with E-state index < -0.39 is 0 Å². The normalized spacial score (nSPS) is 15.4. The molecule has 1 aromatic carbocycles. The van der Waals surface area contributed by atoms with Gasteiger partial charge in [0.05, 0.1) is 0 Å². The third kappa shape index (κ3) is 7.73. The summed E-state index contributed by atoms with van der Waals surface area (Å²) in [5, 5.41) is 20.2. The first-order valence-electron chi connectivity index (χ1n) is 10.9. The molecule has 4 nitrogen and oxygen atoms in total. The maximum atomic E-state index is 10.5. The van der Waals surface area contributed by atoms with Crippen LogP contribution < -0.4 is 0 Å². The fourth-order valence-corrected chi connectivity index (χ4v) is 3.85. The summed E-state index contributed by atoms with van der Waals surface area (Å²) in [4.78, 5) is 10.5. The van der Waals surface area contributed by atoms with Gasteiger partial charge in [-0.15, -0.1) is 0 Å². The van der Waals surface area contributed by atoms with Gasteiger partial charge in [0.15, 0.2) is 11.5 Å². The van der Waals surface area contributed by atoms with Gasteiger partial charge in [-0.25, -0.2) is 0 Å². The summed E-state index contributed by atoms with van der Waals surface area (Å²) in [6, 6.07) is 3.76. The van der Waals surface area contributed by atoms with Gasteiger partial charge in [-0.1, -0.05) is 46.1 Å². The molecule has 0 atom stereocenters. The highest BCUT2D eigenvalue weighted by atomic mass is 16.5. The number of aryl methyl sites for hydroxylation is 2. The minimum atomic E-state index is -0.172. The molecule has 0 amide bonds. The van der Waals surface area contributed by atoms with Gasteiger partial charge in [0, 0.05) is 0 Å². The third-order valence-corrected chi connectivity index (χ3v) is 5.81. The van der Waals surface area contributed by atoms with Crippen molar-refractivity contribution in [3.63, 3.8) is 0 Å². The first-order valence-corrected chi connectivity index (χ1v) is 10.9. The van der Waals surface area contributed by atoms with Gasteiger partial charge in [0.2, 0.25) is 0 Å². The predicted molar refractivity (Wildman–Crippen MR) is 113 cm³/mol. The predicted octanol–water partition coefficient (Wildman–Crippen LogP) is 6.06. The van der Waals surface area contributed by atoms with E-state index >= 15 is 0 Å². The molecule has 0 radical (unpaired) electrons. The summed E-state index contributed by atoms with van der Waals surface area (Å²) >= 11 is 0. The average Bonchev–Trinajstić information content (AvgIpc) is 3.37. The minimum absolute atomic E-state index is 0.00138. The van der Waals surface area contributed by atoms with E-state index in [1.165, 1.54) is 19.3 Å². The molecular formula is C24H38O4. The number of carbonyl (C=O) groups is 1. The van der Waals surface area contributed by atoms with Gasteiger partial charge in [0.25, 0.3) is 6.47 Å². The summed E-state index contributed by atoms with van der Waals surface area (Å²) in [7, 11) is 0. The highest BCUT2D eigenvalue weighted by Crippen LogP contribution is 2.43. The number of unbranched alkanes of at least 4 members (excludes halogenated alkanes) is 4. The molecule has 0 unspecified atom stereocenters. The van der Waals surface area contributed by atoms with Crippen LogP contribution >= 0.6 is 0 Å². The van der Waals surface area contributed by atoms with Crippen LogP contribution in [0.15, 0.2) is 12.1 Å². The van der Waals surface area contributed by atoms with Crippen molar-refractivity contribution in [2.24, 2.45) is 5.41 Å². The zero-order chi connectivity index (χ0) is 20.6. The van der Waals surface area contributed by atoms with Gasteiger partial charge in [-0.2, -0.15) is 0 Å². The van der Waals surface area contributed by atoms with Crippen molar-refractivity contribution >= 4 is 6.47 Å². The smallest absolute Gasteiger partial charge is 0.293 e. The Kier molecular flexibility index (Phi) is 8.21. The quantitative estimate of drug-likeness (QED) is 0.244. The van der Waals surface area contributed by atoms with Gasteiger partial charge in [-0.3, -0.25) is 4.79 Å². The Labute approximate surface area is 170 Å². The monoisotopic (exact) mass is 390 g/mol. The largest absolute Gasteiger partial charge is 0.504 e. The van der Waals surface area contributed by atoms with E-state index in [-0.39, 0.29) is 17.1 Å².